The highest BCUT2D eigenvalue weighted by molar-refractivity contribution is 7.13. The van der Waals surface area contributed by atoms with Crippen molar-refractivity contribution in [2.24, 2.45) is 0 Å². The van der Waals surface area contributed by atoms with Crippen LogP contribution in [-0.4, -0.2) is 35.1 Å². The summed E-state index contributed by atoms with van der Waals surface area (Å²) in [6.07, 6.45) is 5.15. The van der Waals surface area contributed by atoms with Crippen LogP contribution in [0.5, 0.6) is 0 Å². The Hall–Kier alpha value is -3.98. The number of hydrogen-bond acceptors (Lipinski definition) is 6. The molecule has 0 unspecified atom stereocenters. The zero-order chi connectivity index (χ0) is 20.1. The highest BCUT2D eigenvalue weighted by Gasteiger charge is 2.17. The van der Waals surface area contributed by atoms with Crippen LogP contribution in [0, 0.1) is 5.13 Å². The van der Waals surface area contributed by atoms with Crippen LogP contribution in [0.3, 0.4) is 0 Å². The summed E-state index contributed by atoms with van der Waals surface area (Å²) in [7, 11) is 0. The smallest absolute Gasteiger partial charge is 0.177 e. The third-order valence-corrected chi connectivity index (χ3v) is 5.69. The molecule has 0 amide bonds. The Morgan fingerprint density at radius 2 is 1.83 bits per heavy atom. The van der Waals surface area contributed by atoms with Crippen molar-refractivity contribution >= 4 is 33.3 Å². The number of aromatic nitrogens is 7. The molecule has 30 heavy (non-hydrogen) atoms. The van der Waals surface area contributed by atoms with Gasteiger partial charge in [-0.2, -0.15) is 9.49 Å². The Balaban J connectivity index is 1.52. The fourth-order valence-electron chi connectivity index (χ4n) is 3.42. The molecule has 0 saturated carbocycles. The van der Waals surface area contributed by atoms with E-state index >= 15 is 0 Å². The molecular weight excluding hydrogens is 401 g/mol. The maximum absolute atomic E-state index is 13.5. The molecule has 9 heteroatoms. The number of thiophene rings is 1. The largest absolute Gasteiger partial charge is 0.336 e. The van der Waals surface area contributed by atoms with Crippen LogP contribution >= 0.6 is 11.3 Å². The minimum Gasteiger partial charge on any atom is -0.336 e. The molecule has 7 nitrogen and oxygen atoms in total. The molecule has 0 fully saturated rings. The van der Waals surface area contributed by atoms with E-state index in [1.165, 1.54) is 6.07 Å². The zero-order valence-corrected chi connectivity index (χ0v) is 16.1. The fourth-order valence-corrected chi connectivity index (χ4v) is 4.15. The molecule has 2 N–H and O–H groups in total. The minimum atomic E-state index is -0.257. The van der Waals surface area contributed by atoms with Crippen molar-refractivity contribution in [2.75, 3.05) is 0 Å². The number of nitrogens with one attached hydrogen (secondary N) is 2. The summed E-state index contributed by atoms with van der Waals surface area (Å²) >= 11 is 1.04. The molecule has 6 heterocycles. The third kappa shape index (κ3) is 2.67. The quantitative estimate of drug-likeness (QED) is 0.433. The summed E-state index contributed by atoms with van der Waals surface area (Å²) in [6, 6.07) is 12.6. The number of pyridine rings is 3. The van der Waals surface area contributed by atoms with Crippen LogP contribution in [-0.2, 0) is 0 Å². The van der Waals surface area contributed by atoms with Gasteiger partial charge in [-0.3, -0.25) is 20.1 Å². The van der Waals surface area contributed by atoms with E-state index < -0.39 is 0 Å². The molecule has 0 aromatic carbocycles. The summed E-state index contributed by atoms with van der Waals surface area (Å²) in [5.74, 6) is 0.598. The first-order chi connectivity index (χ1) is 14.8. The van der Waals surface area contributed by atoms with Crippen LogP contribution in [0.1, 0.15) is 0 Å². The van der Waals surface area contributed by atoms with E-state index in [1.54, 1.807) is 24.7 Å². The predicted octanol–water partition coefficient (Wildman–Crippen LogP) is 4.83. The Morgan fingerprint density at radius 1 is 0.867 bits per heavy atom. The molecule has 144 valence electrons. The van der Waals surface area contributed by atoms with Crippen LogP contribution < -0.4 is 0 Å². The molecule has 0 aliphatic carbocycles. The number of aromatic amines is 2. The van der Waals surface area contributed by atoms with Gasteiger partial charge in [0.25, 0.3) is 0 Å². The van der Waals surface area contributed by atoms with Crippen molar-refractivity contribution in [1.82, 2.24) is 35.1 Å². The first kappa shape index (κ1) is 16.9. The molecule has 6 aromatic heterocycles. The first-order valence-corrected chi connectivity index (χ1v) is 9.94. The van der Waals surface area contributed by atoms with Gasteiger partial charge in [0, 0.05) is 17.8 Å². The molecule has 6 aromatic rings. The van der Waals surface area contributed by atoms with Crippen LogP contribution in [0.25, 0.3) is 55.4 Å². The summed E-state index contributed by atoms with van der Waals surface area (Å²) in [4.78, 5) is 22.0. The topological polar surface area (TPSA) is 96.0 Å². The van der Waals surface area contributed by atoms with E-state index in [9.17, 15) is 4.39 Å². The first-order valence-electron chi connectivity index (χ1n) is 9.12. The van der Waals surface area contributed by atoms with Gasteiger partial charge in [0.15, 0.2) is 11.0 Å². The highest BCUT2D eigenvalue weighted by atomic mass is 32.1. The van der Waals surface area contributed by atoms with E-state index in [0.717, 1.165) is 44.0 Å². The highest BCUT2D eigenvalue weighted by Crippen LogP contribution is 2.33. The normalized spacial score (nSPS) is 11.5. The van der Waals surface area contributed by atoms with Crippen molar-refractivity contribution in [1.29, 1.82) is 0 Å². The SMILES string of the molecule is Fc1ccc(-c2nccc3[nH]c(-c4n[nH]c5cnc(-c6ccccn6)cc45)nc23)s1. The van der Waals surface area contributed by atoms with Gasteiger partial charge < -0.3 is 4.98 Å². The summed E-state index contributed by atoms with van der Waals surface area (Å²) < 4.78 is 13.5. The van der Waals surface area contributed by atoms with Gasteiger partial charge in [-0.25, -0.2) is 4.98 Å². The van der Waals surface area contributed by atoms with Crippen molar-refractivity contribution in [3.8, 4) is 33.5 Å². The van der Waals surface area contributed by atoms with Crippen molar-refractivity contribution in [2.45, 2.75) is 0 Å². The second kappa shape index (κ2) is 6.53. The van der Waals surface area contributed by atoms with E-state index in [-0.39, 0.29) is 5.13 Å². The monoisotopic (exact) mass is 413 g/mol. The van der Waals surface area contributed by atoms with E-state index in [1.807, 2.05) is 30.3 Å². The van der Waals surface area contributed by atoms with Gasteiger partial charge in [-0.1, -0.05) is 6.07 Å². The minimum absolute atomic E-state index is 0.257. The average Bonchev–Trinajstić information content (AvgIpc) is 3.51. The fraction of sp³-hybridized carbons (Fsp3) is 0. The summed E-state index contributed by atoms with van der Waals surface area (Å²) in [5.41, 5.74) is 5.11. The van der Waals surface area contributed by atoms with Crippen molar-refractivity contribution in [3.05, 3.63) is 66.2 Å². The second-order valence-electron chi connectivity index (χ2n) is 6.65. The molecule has 0 spiro atoms. The van der Waals surface area contributed by atoms with Gasteiger partial charge in [0.05, 0.1) is 33.5 Å². The lowest BCUT2D eigenvalue weighted by atomic mass is 10.1. The Kier molecular flexibility index (Phi) is 3.68. The number of rotatable bonds is 3. The number of H-pyrrole nitrogens is 2. The van der Waals surface area contributed by atoms with Gasteiger partial charge in [-0.15, -0.1) is 11.3 Å². The van der Waals surface area contributed by atoms with E-state index in [4.69, 9.17) is 4.98 Å². The number of fused-ring (bicyclic) bond motifs is 2. The van der Waals surface area contributed by atoms with Gasteiger partial charge in [0.1, 0.15) is 16.9 Å². The molecule has 0 bridgehead atoms. The second-order valence-corrected chi connectivity index (χ2v) is 7.68. The molecule has 0 radical (unpaired) electrons. The maximum Gasteiger partial charge on any atom is 0.177 e. The lowest BCUT2D eigenvalue weighted by Crippen LogP contribution is -1.87. The van der Waals surface area contributed by atoms with Crippen molar-refractivity contribution in [3.63, 3.8) is 0 Å². The predicted molar refractivity (Wildman–Crippen MR) is 113 cm³/mol. The Labute approximate surface area is 172 Å². The van der Waals surface area contributed by atoms with Gasteiger partial charge in [0.2, 0.25) is 0 Å². The standard InChI is InChI=1S/C21H12FN7S/c22-17-5-4-16(30-17)20-19-13(6-8-24-20)26-21(27-19)18-11-9-14(12-3-1-2-7-23-12)25-10-15(11)28-29-18/h1-10H,(H,26,27)(H,28,29). The summed E-state index contributed by atoms with van der Waals surface area (Å²) in [6.45, 7) is 0. The maximum atomic E-state index is 13.5. The molecule has 0 aliphatic heterocycles. The zero-order valence-electron chi connectivity index (χ0n) is 15.3. The molecule has 0 aliphatic rings. The number of hydrogen-bond donors (Lipinski definition) is 2. The van der Waals surface area contributed by atoms with Gasteiger partial charge in [-0.05, 0) is 36.4 Å². The number of halogens is 1. The van der Waals surface area contributed by atoms with Crippen molar-refractivity contribution < 1.29 is 4.39 Å². The number of imidazole rings is 1. The summed E-state index contributed by atoms with van der Waals surface area (Å²) in [5, 5.41) is 8.07. The molecule has 0 atom stereocenters. The molecule has 6 rings (SSSR count). The van der Waals surface area contributed by atoms with Crippen LogP contribution in [0.4, 0.5) is 4.39 Å². The average molecular weight is 413 g/mol. The van der Waals surface area contributed by atoms with E-state index in [2.05, 4.69) is 30.1 Å². The Bertz CT molecular complexity index is 1520. The molecule has 0 saturated heterocycles. The third-order valence-electron chi connectivity index (χ3n) is 4.81. The Morgan fingerprint density at radius 3 is 2.67 bits per heavy atom. The van der Waals surface area contributed by atoms with Crippen LogP contribution in [0.2, 0.25) is 0 Å². The van der Waals surface area contributed by atoms with E-state index in [0.29, 0.717) is 22.7 Å². The molecular formula is C21H12FN7S. The lowest BCUT2D eigenvalue weighted by Gasteiger charge is -2.00. The number of nitrogens with zero attached hydrogens (tertiary/aromatic N) is 5. The lowest BCUT2D eigenvalue weighted by molar-refractivity contribution is 0.657. The van der Waals surface area contributed by atoms with Crippen LogP contribution in [0.15, 0.2) is 61.1 Å². The van der Waals surface area contributed by atoms with Gasteiger partial charge >= 0.3 is 0 Å².